The Bertz CT molecular complexity index is 1210. The molecule has 3 aromatic carbocycles. The minimum Gasteiger partial charge on any atom is -0.403 e. The zero-order valence-corrected chi connectivity index (χ0v) is 21.2. The molecule has 1 aliphatic rings. The molecule has 0 bridgehead atoms. The van der Waals surface area contributed by atoms with Gasteiger partial charge >= 0.3 is 6.36 Å². The highest BCUT2D eigenvalue weighted by Gasteiger charge is 2.32. The van der Waals surface area contributed by atoms with Crippen molar-refractivity contribution in [2.45, 2.75) is 64.2 Å². The highest BCUT2D eigenvalue weighted by atomic mass is 19.4. The molecule has 0 saturated carbocycles. The molecule has 0 atom stereocenters. The first-order valence-corrected chi connectivity index (χ1v) is 12.8. The van der Waals surface area contributed by atoms with Crippen molar-refractivity contribution in [1.82, 2.24) is 0 Å². The van der Waals surface area contributed by atoms with E-state index in [2.05, 4.69) is 11.7 Å². The van der Waals surface area contributed by atoms with Crippen molar-refractivity contribution >= 4 is 10.8 Å². The van der Waals surface area contributed by atoms with Gasteiger partial charge in [0.2, 0.25) is 0 Å². The highest BCUT2D eigenvalue weighted by molar-refractivity contribution is 5.84. The molecule has 1 heterocycles. The predicted octanol–water partition coefficient (Wildman–Crippen LogP) is 7.81. The lowest BCUT2D eigenvalue weighted by molar-refractivity contribution is -0.275. The molecular weight excluding hydrogens is 507 g/mol. The zero-order chi connectivity index (χ0) is 27.1. The van der Waals surface area contributed by atoms with Crippen LogP contribution in [0.4, 0.5) is 22.0 Å². The number of unbranched alkanes of at least 4 members (excludes halogenated alkanes) is 3. The largest absolute Gasteiger partial charge is 0.573 e. The van der Waals surface area contributed by atoms with Crippen LogP contribution in [0.25, 0.3) is 10.8 Å². The SMILES string of the molecule is CCCCCCOC1COC(c2ccc3c(F)c(CCc4ccc(OC(F)(F)F)c(F)c4)ccc3c2)OC1. The van der Waals surface area contributed by atoms with Crippen LogP contribution < -0.4 is 4.74 Å². The molecule has 206 valence electrons. The van der Waals surface area contributed by atoms with E-state index in [1.165, 1.54) is 18.9 Å². The van der Waals surface area contributed by atoms with E-state index >= 15 is 4.39 Å². The van der Waals surface area contributed by atoms with Gasteiger partial charge in [0, 0.05) is 17.6 Å². The molecule has 0 spiro atoms. The van der Waals surface area contributed by atoms with E-state index in [1.54, 1.807) is 24.3 Å². The van der Waals surface area contributed by atoms with Gasteiger partial charge in [-0.2, -0.15) is 0 Å². The van der Waals surface area contributed by atoms with Crippen molar-refractivity contribution in [3.8, 4) is 5.75 Å². The first kappa shape index (κ1) is 28.3. The van der Waals surface area contributed by atoms with Crippen LogP contribution in [0, 0.1) is 11.6 Å². The normalized spacial score (nSPS) is 18.2. The van der Waals surface area contributed by atoms with Crippen LogP contribution in [0.2, 0.25) is 0 Å². The number of ether oxygens (including phenoxy) is 4. The zero-order valence-electron chi connectivity index (χ0n) is 21.2. The molecule has 38 heavy (non-hydrogen) atoms. The van der Waals surface area contributed by atoms with E-state index in [-0.39, 0.29) is 18.9 Å². The summed E-state index contributed by atoms with van der Waals surface area (Å²) < 4.78 is 87.4. The van der Waals surface area contributed by atoms with Gasteiger partial charge < -0.3 is 18.9 Å². The number of alkyl halides is 3. The molecule has 0 amide bonds. The van der Waals surface area contributed by atoms with Gasteiger partial charge in [-0.15, -0.1) is 13.2 Å². The lowest BCUT2D eigenvalue weighted by Crippen LogP contribution is -2.33. The molecule has 4 rings (SSSR count). The minimum absolute atomic E-state index is 0.102. The van der Waals surface area contributed by atoms with Gasteiger partial charge in [0.05, 0.1) is 13.2 Å². The maximum absolute atomic E-state index is 15.2. The van der Waals surface area contributed by atoms with Crippen LogP contribution in [0.15, 0.2) is 48.5 Å². The Morgan fingerprint density at radius 1 is 0.895 bits per heavy atom. The summed E-state index contributed by atoms with van der Waals surface area (Å²) in [5.74, 6) is -2.41. The first-order chi connectivity index (χ1) is 18.2. The molecule has 0 unspecified atom stereocenters. The molecule has 0 aliphatic carbocycles. The summed E-state index contributed by atoms with van der Waals surface area (Å²) in [7, 11) is 0. The van der Waals surface area contributed by atoms with Crippen LogP contribution in [0.1, 0.15) is 55.6 Å². The standard InChI is InChI=1S/C29H31F5O4/c1-2-3-4-5-14-35-23-17-36-28(37-18-23)22-11-12-24-21(16-22)10-9-20(27(24)31)8-6-19-7-13-26(25(30)15-19)38-29(32,33)34/h7,9-13,15-16,23,28H,2-6,8,14,17-18H2,1H3. The lowest BCUT2D eigenvalue weighted by atomic mass is 9.99. The van der Waals surface area contributed by atoms with Crippen LogP contribution in [-0.4, -0.2) is 32.3 Å². The maximum Gasteiger partial charge on any atom is 0.573 e. The second kappa shape index (κ2) is 12.9. The maximum atomic E-state index is 15.2. The fraction of sp³-hybridized carbons (Fsp3) is 0.448. The summed E-state index contributed by atoms with van der Waals surface area (Å²) in [5.41, 5.74) is 1.63. The number of hydrogen-bond acceptors (Lipinski definition) is 4. The minimum atomic E-state index is -4.98. The van der Waals surface area contributed by atoms with Crippen molar-refractivity contribution in [2.24, 2.45) is 0 Å². The molecule has 0 aromatic heterocycles. The first-order valence-electron chi connectivity index (χ1n) is 12.8. The Labute approximate surface area is 218 Å². The molecular formula is C29H31F5O4. The third-order valence-electron chi connectivity index (χ3n) is 6.45. The van der Waals surface area contributed by atoms with Gasteiger partial charge in [-0.1, -0.05) is 56.5 Å². The number of halogens is 5. The second-order valence-corrected chi connectivity index (χ2v) is 9.38. The van der Waals surface area contributed by atoms with E-state index < -0.39 is 30.0 Å². The Morgan fingerprint density at radius 2 is 1.68 bits per heavy atom. The average Bonchev–Trinajstić information content (AvgIpc) is 2.89. The summed E-state index contributed by atoms with van der Waals surface area (Å²) in [5, 5.41) is 1.11. The molecule has 0 radical (unpaired) electrons. The number of aryl methyl sites for hydroxylation is 2. The van der Waals surface area contributed by atoms with Crippen molar-refractivity contribution in [3.63, 3.8) is 0 Å². The second-order valence-electron chi connectivity index (χ2n) is 9.38. The van der Waals surface area contributed by atoms with E-state index in [4.69, 9.17) is 14.2 Å². The van der Waals surface area contributed by atoms with Crippen LogP contribution >= 0.6 is 0 Å². The van der Waals surface area contributed by atoms with Crippen molar-refractivity contribution < 1.29 is 40.9 Å². The quantitative estimate of drug-likeness (QED) is 0.184. The van der Waals surface area contributed by atoms with Crippen LogP contribution in [0.3, 0.4) is 0 Å². The number of fused-ring (bicyclic) bond motifs is 1. The number of benzene rings is 3. The van der Waals surface area contributed by atoms with E-state index in [0.29, 0.717) is 41.7 Å². The van der Waals surface area contributed by atoms with Gasteiger partial charge in [-0.05, 0) is 54.0 Å². The third-order valence-corrected chi connectivity index (χ3v) is 6.45. The molecule has 9 heteroatoms. The van der Waals surface area contributed by atoms with Gasteiger partial charge in [0.15, 0.2) is 17.9 Å². The Hall–Kier alpha value is -2.75. The Balaban J connectivity index is 1.34. The van der Waals surface area contributed by atoms with Gasteiger partial charge in [0.1, 0.15) is 11.9 Å². The van der Waals surface area contributed by atoms with Gasteiger partial charge in [0.25, 0.3) is 0 Å². The van der Waals surface area contributed by atoms with Crippen LogP contribution in [0.5, 0.6) is 5.75 Å². The van der Waals surface area contributed by atoms with E-state index in [9.17, 15) is 17.6 Å². The lowest BCUT2D eigenvalue weighted by Gasteiger charge is -2.29. The van der Waals surface area contributed by atoms with Crippen molar-refractivity contribution in [1.29, 1.82) is 0 Å². The molecule has 3 aromatic rings. The fourth-order valence-corrected chi connectivity index (χ4v) is 4.43. The van der Waals surface area contributed by atoms with Gasteiger partial charge in [-0.25, -0.2) is 8.78 Å². The smallest absolute Gasteiger partial charge is 0.403 e. The summed E-state index contributed by atoms with van der Waals surface area (Å²) in [6.07, 6.45) is -0.594. The van der Waals surface area contributed by atoms with Crippen molar-refractivity contribution in [2.75, 3.05) is 19.8 Å². The van der Waals surface area contributed by atoms with Crippen LogP contribution in [-0.2, 0) is 27.1 Å². The summed E-state index contributed by atoms with van der Waals surface area (Å²) in [6.45, 7) is 3.70. The van der Waals surface area contributed by atoms with E-state index in [0.717, 1.165) is 30.5 Å². The molecule has 1 aliphatic heterocycles. The molecule has 1 fully saturated rings. The fourth-order valence-electron chi connectivity index (χ4n) is 4.43. The summed E-state index contributed by atoms with van der Waals surface area (Å²) in [4.78, 5) is 0. The van der Waals surface area contributed by atoms with E-state index in [1.807, 2.05) is 6.07 Å². The topological polar surface area (TPSA) is 36.9 Å². The number of hydrogen-bond donors (Lipinski definition) is 0. The average molecular weight is 539 g/mol. The van der Waals surface area contributed by atoms with Crippen molar-refractivity contribution in [3.05, 3.63) is 76.9 Å². The molecule has 1 saturated heterocycles. The summed E-state index contributed by atoms with van der Waals surface area (Å²) in [6, 6.07) is 11.9. The molecule has 4 nitrogen and oxygen atoms in total. The Morgan fingerprint density at radius 3 is 2.39 bits per heavy atom. The van der Waals surface area contributed by atoms with Gasteiger partial charge in [-0.3, -0.25) is 0 Å². The third kappa shape index (κ3) is 7.65. The number of rotatable bonds is 11. The molecule has 0 N–H and O–H groups in total. The monoisotopic (exact) mass is 538 g/mol. The summed E-state index contributed by atoms with van der Waals surface area (Å²) >= 11 is 0. The Kier molecular flexibility index (Phi) is 9.57. The highest BCUT2D eigenvalue weighted by Crippen LogP contribution is 2.30. The predicted molar refractivity (Wildman–Crippen MR) is 133 cm³/mol.